The van der Waals surface area contributed by atoms with E-state index in [4.69, 9.17) is 18.9 Å². The van der Waals surface area contributed by atoms with E-state index in [0.717, 1.165) is 48.3 Å². The molecule has 4 unspecified atom stereocenters. The number of ketones is 2. The normalized spacial score (nSPS) is 24.7. The van der Waals surface area contributed by atoms with E-state index in [9.17, 15) is 19.8 Å². The number of phenols is 2. The lowest BCUT2D eigenvalue weighted by atomic mass is 9.92. The van der Waals surface area contributed by atoms with Gasteiger partial charge in [0.15, 0.2) is 11.6 Å². The van der Waals surface area contributed by atoms with Gasteiger partial charge in [0.05, 0.1) is 62.0 Å². The number of carbonyl (C=O) groups is 2. The fourth-order valence-corrected chi connectivity index (χ4v) is 5.17. The number of aromatic hydroxyl groups is 2. The molecule has 8 nitrogen and oxygen atoms in total. The molecule has 4 atom stereocenters. The van der Waals surface area contributed by atoms with Crippen LogP contribution in [0.4, 0.5) is 0 Å². The van der Waals surface area contributed by atoms with Crippen molar-refractivity contribution in [2.45, 2.75) is 75.8 Å². The molecule has 0 aliphatic carbocycles. The molecular weight excluding hydrogens is 488 g/mol. The van der Waals surface area contributed by atoms with Crippen molar-refractivity contribution in [3.05, 3.63) is 57.6 Å². The Morgan fingerprint density at radius 3 is 1.29 bits per heavy atom. The zero-order valence-electron chi connectivity index (χ0n) is 21.4. The van der Waals surface area contributed by atoms with Gasteiger partial charge in [-0.2, -0.15) is 0 Å². The summed E-state index contributed by atoms with van der Waals surface area (Å²) in [5, 5.41) is 21.9. The highest BCUT2D eigenvalue weighted by atomic mass is 16.6. The van der Waals surface area contributed by atoms with Gasteiger partial charge in [0.1, 0.15) is 11.5 Å². The minimum absolute atomic E-state index is 0.0495. The second-order valence-corrected chi connectivity index (χ2v) is 10.9. The van der Waals surface area contributed by atoms with Gasteiger partial charge >= 0.3 is 0 Å². The number of rotatable bonds is 15. The summed E-state index contributed by atoms with van der Waals surface area (Å²) in [6, 6.07) is 7.24. The van der Waals surface area contributed by atoms with Gasteiger partial charge in [0.25, 0.3) is 0 Å². The summed E-state index contributed by atoms with van der Waals surface area (Å²) in [7, 11) is 0. The highest BCUT2D eigenvalue weighted by Crippen LogP contribution is 2.35. The second-order valence-electron chi connectivity index (χ2n) is 10.9. The van der Waals surface area contributed by atoms with Gasteiger partial charge in [-0.1, -0.05) is 12.1 Å². The molecule has 4 fully saturated rings. The summed E-state index contributed by atoms with van der Waals surface area (Å²) in [5.74, 6) is -0.172. The first-order chi connectivity index (χ1) is 18.5. The highest BCUT2D eigenvalue weighted by molar-refractivity contribution is 6.00. The fraction of sp³-hybridized carbons (Fsp3) is 0.533. The van der Waals surface area contributed by atoms with Crippen molar-refractivity contribution in [2.24, 2.45) is 0 Å². The number of phenolic OH excluding ortho intramolecular Hbond substituents is 2. The van der Waals surface area contributed by atoms with Gasteiger partial charge in [-0.3, -0.25) is 9.59 Å². The Labute approximate surface area is 221 Å². The van der Waals surface area contributed by atoms with Crippen molar-refractivity contribution in [3.63, 3.8) is 0 Å². The predicted octanol–water partition coefficient (Wildman–Crippen LogP) is 3.49. The van der Waals surface area contributed by atoms with Crippen LogP contribution in [0.5, 0.6) is 11.5 Å². The van der Waals surface area contributed by atoms with E-state index in [1.54, 1.807) is 12.1 Å². The van der Waals surface area contributed by atoms with E-state index < -0.39 is 0 Å². The molecule has 2 aromatic carbocycles. The Kier molecular flexibility index (Phi) is 7.22. The average Bonchev–Trinajstić information content (AvgIpc) is 3.72. The standard InChI is InChI=1S/C30H34O8/c31-27(23-7-5-17(9-19-13-35-19)25(29(23)33)11-21-15-37-21)3-1-2-4-28(32)24-8-6-18(10-20-14-36-20)26(30(24)34)12-22-16-38-22/h5-8,19-22,33-34H,1-4,9-16H2. The zero-order chi connectivity index (χ0) is 26.2. The van der Waals surface area contributed by atoms with Crippen molar-refractivity contribution >= 4 is 11.6 Å². The molecule has 4 saturated heterocycles. The first-order valence-corrected chi connectivity index (χ1v) is 13.7. The molecule has 38 heavy (non-hydrogen) atoms. The smallest absolute Gasteiger partial charge is 0.166 e. The summed E-state index contributed by atoms with van der Waals surface area (Å²) in [4.78, 5) is 25.9. The van der Waals surface area contributed by atoms with Gasteiger partial charge < -0.3 is 29.2 Å². The number of unbranched alkanes of at least 4 members (excludes halogenated alkanes) is 1. The van der Waals surface area contributed by atoms with Crippen molar-refractivity contribution in [2.75, 3.05) is 26.4 Å². The molecule has 4 aliphatic heterocycles. The van der Waals surface area contributed by atoms with Gasteiger partial charge in [0, 0.05) is 49.7 Å². The molecule has 8 heteroatoms. The van der Waals surface area contributed by atoms with Crippen LogP contribution in [0.25, 0.3) is 0 Å². The van der Waals surface area contributed by atoms with Gasteiger partial charge in [-0.15, -0.1) is 0 Å². The number of carbonyl (C=O) groups excluding carboxylic acids is 2. The summed E-state index contributed by atoms with van der Waals surface area (Å²) in [6.45, 7) is 2.81. The first kappa shape index (κ1) is 25.5. The minimum Gasteiger partial charge on any atom is -0.507 e. The van der Waals surface area contributed by atoms with Crippen LogP contribution >= 0.6 is 0 Å². The first-order valence-electron chi connectivity index (χ1n) is 13.7. The third-order valence-electron chi connectivity index (χ3n) is 7.79. The predicted molar refractivity (Wildman–Crippen MR) is 137 cm³/mol. The van der Waals surface area contributed by atoms with Crippen molar-refractivity contribution < 1.29 is 38.7 Å². The highest BCUT2D eigenvalue weighted by Gasteiger charge is 2.32. The summed E-state index contributed by atoms with van der Waals surface area (Å²) in [6.07, 6.45) is 4.72. The van der Waals surface area contributed by atoms with E-state index >= 15 is 0 Å². The van der Waals surface area contributed by atoms with Crippen LogP contribution in [-0.4, -0.2) is 72.6 Å². The van der Waals surface area contributed by atoms with Crippen LogP contribution in [0.2, 0.25) is 0 Å². The van der Waals surface area contributed by atoms with E-state index in [1.165, 1.54) is 0 Å². The molecule has 4 heterocycles. The largest absolute Gasteiger partial charge is 0.507 e. The Morgan fingerprint density at radius 1 is 0.605 bits per heavy atom. The molecule has 0 saturated carbocycles. The lowest BCUT2D eigenvalue weighted by Gasteiger charge is -2.14. The lowest BCUT2D eigenvalue weighted by molar-refractivity contribution is 0.0951. The molecule has 6 rings (SSSR count). The number of ether oxygens (including phenoxy) is 4. The molecule has 0 amide bonds. The van der Waals surface area contributed by atoms with Crippen molar-refractivity contribution in [1.82, 2.24) is 0 Å². The van der Waals surface area contributed by atoms with E-state index in [1.807, 2.05) is 12.1 Å². The van der Waals surface area contributed by atoms with Gasteiger partial charge in [0.2, 0.25) is 0 Å². The fourth-order valence-electron chi connectivity index (χ4n) is 5.17. The van der Waals surface area contributed by atoms with Gasteiger partial charge in [-0.25, -0.2) is 0 Å². The summed E-state index contributed by atoms with van der Waals surface area (Å²) >= 11 is 0. The monoisotopic (exact) mass is 522 g/mol. The molecule has 0 spiro atoms. The number of epoxide rings is 4. The minimum atomic E-state index is -0.136. The maximum atomic E-state index is 13.0. The molecule has 2 N–H and O–H groups in total. The van der Waals surface area contributed by atoms with Crippen LogP contribution in [0.3, 0.4) is 0 Å². The Balaban J connectivity index is 1.05. The molecule has 0 bridgehead atoms. The third-order valence-corrected chi connectivity index (χ3v) is 7.79. The zero-order valence-corrected chi connectivity index (χ0v) is 21.4. The molecular formula is C30H34O8. The number of hydrogen-bond donors (Lipinski definition) is 2. The molecule has 4 aliphatic rings. The van der Waals surface area contributed by atoms with Crippen molar-refractivity contribution in [1.29, 1.82) is 0 Å². The summed E-state index contributed by atoms with van der Waals surface area (Å²) in [5.41, 5.74) is 4.23. The van der Waals surface area contributed by atoms with Crippen LogP contribution in [0.15, 0.2) is 24.3 Å². The number of benzene rings is 2. The Hall–Kier alpha value is -2.78. The molecule has 202 valence electrons. The van der Waals surface area contributed by atoms with Crippen LogP contribution in [-0.2, 0) is 44.6 Å². The Morgan fingerprint density at radius 2 is 0.947 bits per heavy atom. The van der Waals surface area contributed by atoms with Gasteiger partial charge in [-0.05, 0) is 36.1 Å². The van der Waals surface area contributed by atoms with Crippen LogP contribution < -0.4 is 0 Å². The van der Waals surface area contributed by atoms with Crippen LogP contribution in [0.1, 0.15) is 68.7 Å². The van der Waals surface area contributed by atoms with Crippen LogP contribution in [0, 0.1) is 0 Å². The summed E-state index contributed by atoms with van der Waals surface area (Å²) < 4.78 is 21.4. The third kappa shape index (κ3) is 6.26. The van der Waals surface area contributed by atoms with Crippen molar-refractivity contribution in [3.8, 4) is 11.5 Å². The topological polar surface area (TPSA) is 125 Å². The molecule has 0 radical (unpaired) electrons. The second kappa shape index (κ2) is 10.8. The molecule has 0 aromatic heterocycles. The maximum absolute atomic E-state index is 13.0. The Bertz CT molecular complexity index is 1130. The number of hydrogen-bond acceptors (Lipinski definition) is 8. The number of Topliss-reactive ketones (excluding diaryl/α,β-unsaturated/α-hetero) is 2. The average molecular weight is 523 g/mol. The van der Waals surface area contributed by atoms with E-state index in [0.29, 0.717) is 50.0 Å². The maximum Gasteiger partial charge on any atom is 0.166 e. The SMILES string of the molecule is O=C(CCCCC(=O)c1ccc(CC2CO2)c(CC2CO2)c1O)c1ccc(CC2CO2)c(CC2CO2)c1O. The van der Waals surface area contributed by atoms with E-state index in [2.05, 4.69) is 0 Å². The lowest BCUT2D eigenvalue weighted by Crippen LogP contribution is -2.09. The van der Waals surface area contributed by atoms with E-state index in [-0.39, 0.29) is 60.3 Å². The molecule has 2 aromatic rings. The quantitative estimate of drug-likeness (QED) is 0.207.